The maximum atomic E-state index is 12.1. The van der Waals surface area contributed by atoms with Crippen LogP contribution < -0.4 is 10.6 Å². The zero-order valence-corrected chi connectivity index (χ0v) is 17.3. The molecule has 0 unspecified atom stereocenters. The Kier molecular flexibility index (Phi) is 6.37. The van der Waals surface area contributed by atoms with E-state index < -0.39 is 0 Å². The Morgan fingerprint density at radius 1 is 1.06 bits per heavy atom. The SMILES string of the molecule is CCc1noc(-c2ccc(CCNC(=O)NCc3cccc(-n4cccn4)c3)cc2)n1. The van der Waals surface area contributed by atoms with Gasteiger partial charge in [-0.15, -0.1) is 0 Å². The highest BCUT2D eigenvalue weighted by Crippen LogP contribution is 2.18. The number of aryl methyl sites for hydroxylation is 1. The van der Waals surface area contributed by atoms with Crippen LogP contribution in [0.5, 0.6) is 0 Å². The fourth-order valence-corrected chi connectivity index (χ4v) is 3.12. The smallest absolute Gasteiger partial charge is 0.315 e. The van der Waals surface area contributed by atoms with Gasteiger partial charge in [-0.3, -0.25) is 0 Å². The first kappa shape index (κ1) is 20.3. The molecule has 2 aromatic heterocycles. The summed E-state index contributed by atoms with van der Waals surface area (Å²) < 4.78 is 7.04. The molecule has 0 bridgehead atoms. The van der Waals surface area contributed by atoms with Gasteiger partial charge in [0.05, 0.1) is 5.69 Å². The molecule has 8 heteroatoms. The van der Waals surface area contributed by atoms with E-state index in [0.29, 0.717) is 24.8 Å². The first-order chi connectivity index (χ1) is 15.2. The zero-order chi connectivity index (χ0) is 21.5. The number of urea groups is 1. The lowest BCUT2D eigenvalue weighted by molar-refractivity contribution is 0.240. The molecule has 0 saturated heterocycles. The Morgan fingerprint density at radius 3 is 2.68 bits per heavy atom. The number of nitrogens with zero attached hydrogens (tertiary/aromatic N) is 4. The summed E-state index contributed by atoms with van der Waals surface area (Å²) in [4.78, 5) is 16.5. The predicted octanol–water partition coefficient (Wildman–Crippen LogP) is 3.53. The van der Waals surface area contributed by atoms with E-state index in [1.165, 1.54) is 0 Å². The van der Waals surface area contributed by atoms with E-state index in [9.17, 15) is 4.79 Å². The Morgan fingerprint density at radius 2 is 1.94 bits per heavy atom. The van der Waals surface area contributed by atoms with Gasteiger partial charge >= 0.3 is 6.03 Å². The van der Waals surface area contributed by atoms with Crippen LogP contribution in [0.3, 0.4) is 0 Å². The number of benzene rings is 2. The summed E-state index contributed by atoms with van der Waals surface area (Å²) in [6, 6.07) is 17.5. The van der Waals surface area contributed by atoms with E-state index in [1.807, 2.05) is 67.7 Å². The molecule has 0 aliphatic carbocycles. The van der Waals surface area contributed by atoms with Crippen molar-refractivity contribution in [3.63, 3.8) is 0 Å². The van der Waals surface area contributed by atoms with Gasteiger partial charge in [0, 0.05) is 37.5 Å². The van der Waals surface area contributed by atoms with Crippen LogP contribution in [0.2, 0.25) is 0 Å². The van der Waals surface area contributed by atoms with Crippen LogP contribution in [0.1, 0.15) is 23.9 Å². The Balaban J connectivity index is 1.22. The third kappa shape index (κ3) is 5.36. The number of amides is 2. The van der Waals surface area contributed by atoms with Crippen LogP contribution in [0.15, 0.2) is 71.5 Å². The number of carbonyl (C=O) groups excluding carboxylic acids is 1. The first-order valence-electron chi connectivity index (χ1n) is 10.2. The molecule has 8 nitrogen and oxygen atoms in total. The molecule has 0 fully saturated rings. The van der Waals surface area contributed by atoms with Gasteiger partial charge in [0.25, 0.3) is 5.89 Å². The van der Waals surface area contributed by atoms with Crippen molar-refractivity contribution in [1.29, 1.82) is 0 Å². The lowest BCUT2D eigenvalue weighted by Crippen LogP contribution is -2.36. The Hall–Kier alpha value is -3.94. The van der Waals surface area contributed by atoms with E-state index in [2.05, 4.69) is 25.9 Å². The summed E-state index contributed by atoms with van der Waals surface area (Å²) in [5.41, 5.74) is 3.97. The van der Waals surface area contributed by atoms with Gasteiger partial charge in [-0.05, 0) is 47.9 Å². The van der Waals surface area contributed by atoms with Gasteiger partial charge in [-0.25, -0.2) is 9.48 Å². The minimum absolute atomic E-state index is 0.195. The first-order valence-corrected chi connectivity index (χ1v) is 10.2. The second kappa shape index (κ2) is 9.71. The molecule has 0 spiro atoms. The number of carbonyl (C=O) groups is 1. The third-order valence-corrected chi connectivity index (χ3v) is 4.82. The molecular formula is C23H24N6O2. The van der Waals surface area contributed by atoms with Crippen molar-refractivity contribution in [1.82, 2.24) is 30.6 Å². The maximum absolute atomic E-state index is 12.1. The van der Waals surface area contributed by atoms with Gasteiger partial charge < -0.3 is 15.2 Å². The summed E-state index contributed by atoms with van der Waals surface area (Å²) in [6.07, 6.45) is 5.09. The van der Waals surface area contributed by atoms with Crippen LogP contribution in [0.4, 0.5) is 4.79 Å². The van der Waals surface area contributed by atoms with Gasteiger partial charge in [-0.2, -0.15) is 10.1 Å². The molecule has 2 aromatic carbocycles. The average Bonchev–Trinajstić information content (AvgIpc) is 3.51. The molecule has 0 aliphatic heterocycles. The summed E-state index contributed by atoms with van der Waals surface area (Å²) in [5.74, 6) is 1.22. The molecule has 0 aliphatic rings. The molecule has 31 heavy (non-hydrogen) atoms. The van der Waals surface area contributed by atoms with Crippen LogP contribution in [-0.2, 0) is 19.4 Å². The number of nitrogens with one attached hydrogen (secondary N) is 2. The minimum Gasteiger partial charge on any atom is -0.338 e. The molecule has 2 N–H and O–H groups in total. The molecule has 0 saturated carbocycles. The second-order valence-electron chi connectivity index (χ2n) is 7.05. The quantitative estimate of drug-likeness (QED) is 0.458. The molecule has 4 rings (SSSR count). The van der Waals surface area contributed by atoms with E-state index in [4.69, 9.17) is 4.52 Å². The van der Waals surface area contributed by atoms with Gasteiger partial charge in [0.15, 0.2) is 5.82 Å². The van der Waals surface area contributed by atoms with Gasteiger partial charge in [-0.1, -0.05) is 36.3 Å². The Bertz CT molecular complexity index is 1120. The molecule has 158 valence electrons. The van der Waals surface area contributed by atoms with Crippen molar-refractivity contribution in [2.75, 3.05) is 6.54 Å². The standard InChI is InChI=1S/C23H24N6O2/c1-2-21-27-22(31-28-21)19-9-7-17(8-10-19)11-13-24-23(30)25-16-18-5-3-6-20(15-18)29-14-4-12-26-29/h3-10,12,14-15H,2,11,13,16H2,1H3,(H2,24,25,30). The minimum atomic E-state index is -0.195. The number of rotatable bonds is 8. The highest BCUT2D eigenvalue weighted by atomic mass is 16.5. The van der Waals surface area contributed by atoms with E-state index in [1.54, 1.807) is 10.9 Å². The third-order valence-electron chi connectivity index (χ3n) is 4.82. The fraction of sp³-hybridized carbons (Fsp3) is 0.217. The van der Waals surface area contributed by atoms with Crippen molar-refractivity contribution in [3.05, 3.63) is 83.9 Å². The predicted molar refractivity (Wildman–Crippen MR) is 117 cm³/mol. The lowest BCUT2D eigenvalue weighted by Gasteiger charge is -2.09. The molecule has 2 heterocycles. The zero-order valence-electron chi connectivity index (χ0n) is 17.3. The summed E-state index contributed by atoms with van der Waals surface area (Å²) >= 11 is 0. The van der Waals surface area contributed by atoms with E-state index in [-0.39, 0.29) is 6.03 Å². The summed E-state index contributed by atoms with van der Waals surface area (Å²) in [7, 11) is 0. The van der Waals surface area contributed by atoms with Crippen molar-refractivity contribution in [2.24, 2.45) is 0 Å². The van der Waals surface area contributed by atoms with E-state index >= 15 is 0 Å². The number of hydrogen-bond acceptors (Lipinski definition) is 5. The molecule has 4 aromatic rings. The fourth-order valence-electron chi connectivity index (χ4n) is 3.12. The van der Waals surface area contributed by atoms with E-state index in [0.717, 1.165) is 35.2 Å². The molecular weight excluding hydrogens is 392 g/mol. The maximum Gasteiger partial charge on any atom is 0.315 e. The number of aromatic nitrogens is 4. The van der Waals surface area contributed by atoms with Gasteiger partial charge in [0.1, 0.15) is 0 Å². The van der Waals surface area contributed by atoms with Crippen molar-refractivity contribution in [3.8, 4) is 17.1 Å². The topological polar surface area (TPSA) is 97.9 Å². The molecule has 0 radical (unpaired) electrons. The summed E-state index contributed by atoms with van der Waals surface area (Å²) in [6.45, 7) is 2.97. The van der Waals surface area contributed by atoms with Crippen molar-refractivity contribution in [2.45, 2.75) is 26.3 Å². The van der Waals surface area contributed by atoms with Crippen molar-refractivity contribution >= 4 is 6.03 Å². The van der Waals surface area contributed by atoms with Crippen molar-refractivity contribution < 1.29 is 9.32 Å². The van der Waals surface area contributed by atoms with Crippen LogP contribution in [-0.4, -0.2) is 32.5 Å². The Labute approximate surface area is 180 Å². The second-order valence-corrected chi connectivity index (χ2v) is 7.05. The van der Waals surface area contributed by atoms with Crippen LogP contribution >= 0.6 is 0 Å². The normalized spacial score (nSPS) is 10.7. The summed E-state index contributed by atoms with van der Waals surface area (Å²) in [5, 5.41) is 13.9. The molecule has 2 amide bonds. The molecule has 0 atom stereocenters. The highest BCUT2D eigenvalue weighted by Gasteiger charge is 2.07. The van der Waals surface area contributed by atoms with Crippen LogP contribution in [0, 0.1) is 0 Å². The largest absolute Gasteiger partial charge is 0.338 e. The average molecular weight is 416 g/mol. The number of hydrogen-bond donors (Lipinski definition) is 2. The lowest BCUT2D eigenvalue weighted by atomic mass is 10.1. The van der Waals surface area contributed by atoms with Crippen LogP contribution in [0.25, 0.3) is 17.1 Å². The van der Waals surface area contributed by atoms with Gasteiger partial charge in [0.2, 0.25) is 0 Å². The monoisotopic (exact) mass is 416 g/mol. The highest BCUT2D eigenvalue weighted by molar-refractivity contribution is 5.73.